The average Bonchev–Trinajstić information content (AvgIpc) is 2.37. The molecule has 1 aliphatic carbocycles. The van der Waals surface area contributed by atoms with Crippen LogP contribution in [-0.4, -0.2) is 30.1 Å². The maximum absolute atomic E-state index is 10.2. The number of anilines is 1. The van der Waals surface area contributed by atoms with Crippen LogP contribution in [0.25, 0.3) is 0 Å². The SMILES string of the molecule is CN(c1cccc(Br)c1C(=N)N)C1CCCCC1O. The number of halogens is 1. The molecular weight excluding hydrogens is 306 g/mol. The highest BCUT2D eigenvalue weighted by atomic mass is 79.9. The zero-order valence-electron chi connectivity index (χ0n) is 11.1. The lowest BCUT2D eigenvalue weighted by Crippen LogP contribution is -2.44. The highest BCUT2D eigenvalue weighted by Gasteiger charge is 2.28. The van der Waals surface area contributed by atoms with E-state index < -0.39 is 0 Å². The van der Waals surface area contributed by atoms with Gasteiger partial charge in [-0.25, -0.2) is 0 Å². The zero-order valence-corrected chi connectivity index (χ0v) is 12.7. The predicted molar refractivity (Wildman–Crippen MR) is 81.8 cm³/mol. The lowest BCUT2D eigenvalue weighted by Gasteiger charge is -2.37. The van der Waals surface area contributed by atoms with Crippen LogP contribution >= 0.6 is 15.9 Å². The lowest BCUT2D eigenvalue weighted by molar-refractivity contribution is 0.106. The molecule has 1 aromatic rings. The third kappa shape index (κ3) is 2.92. The summed E-state index contributed by atoms with van der Waals surface area (Å²) in [6.07, 6.45) is 3.73. The smallest absolute Gasteiger partial charge is 0.126 e. The number of nitrogens with one attached hydrogen (secondary N) is 1. The molecule has 0 aliphatic heterocycles. The van der Waals surface area contributed by atoms with Gasteiger partial charge in [-0.1, -0.05) is 18.9 Å². The topological polar surface area (TPSA) is 73.3 Å². The van der Waals surface area contributed by atoms with Crippen LogP contribution in [-0.2, 0) is 0 Å². The number of likely N-dealkylation sites (N-methyl/N-ethyl adjacent to an activating group) is 1. The van der Waals surface area contributed by atoms with Crippen molar-refractivity contribution in [2.45, 2.75) is 37.8 Å². The van der Waals surface area contributed by atoms with Crippen LogP contribution in [0.2, 0.25) is 0 Å². The monoisotopic (exact) mass is 325 g/mol. The molecule has 0 aromatic heterocycles. The molecule has 5 heteroatoms. The summed E-state index contributed by atoms with van der Waals surface area (Å²) in [7, 11) is 1.97. The Morgan fingerprint density at radius 3 is 2.74 bits per heavy atom. The van der Waals surface area contributed by atoms with Gasteiger partial charge in [0.1, 0.15) is 5.84 Å². The second kappa shape index (κ2) is 5.92. The molecule has 2 atom stereocenters. The summed E-state index contributed by atoms with van der Waals surface area (Å²) in [5.74, 6) is 0.0413. The summed E-state index contributed by atoms with van der Waals surface area (Å²) in [4.78, 5) is 2.06. The van der Waals surface area contributed by atoms with Crippen molar-refractivity contribution < 1.29 is 5.11 Å². The molecule has 0 radical (unpaired) electrons. The van der Waals surface area contributed by atoms with Crippen LogP contribution in [0.3, 0.4) is 0 Å². The van der Waals surface area contributed by atoms with E-state index in [-0.39, 0.29) is 18.0 Å². The number of amidine groups is 1. The molecule has 104 valence electrons. The zero-order chi connectivity index (χ0) is 14.0. The van der Waals surface area contributed by atoms with Gasteiger partial charge in [0, 0.05) is 17.2 Å². The van der Waals surface area contributed by atoms with E-state index in [2.05, 4.69) is 20.8 Å². The molecule has 0 amide bonds. The summed E-state index contributed by atoms with van der Waals surface area (Å²) in [5.41, 5.74) is 7.27. The number of hydrogen-bond donors (Lipinski definition) is 3. The fourth-order valence-electron chi connectivity index (χ4n) is 2.80. The van der Waals surface area contributed by atoms with Crippen LogP contribution in [0, 0.1) is 5.41 Å². The van der Waals surface area contributed by atoms with Gasteiger partial charge in [0.15, 0.2) is 0 Å². The van der Waals surface area contributed by atoms with Crippen molar-refractivity contribution in [2.75, 3.05) is 11.9 Å². The van der Waals surface area contributed by atoms with E-state index in [1.54, 1.807) is 0 Å². The molecule has 1 fully saturated rings. The van der Waals surface area contributed by atoms with Crippen LogP contribution in [0.4, 0.5) is 5.69 Å². The number of nitrogen functional groups attached to an aromatic ring is 1. The first-order valence-electron chi connectivity index (χ1n) is 6.56. The first-order valence-corrected chi connectivity index (χ1v) is 7.35. The summed E-state index contributed by atoms with van der Waals surface area (Å²) in [5, 5.41) is 17.9. The minimum absolute atomic E-state index is 0.0413. The second-order valence-corrected chi connectivity index (χ2v) is 5.93. The lowest BCUT2D eigenvalue weighted by atomic mass is 9.91. The summed E-state index contributed by atoms with van der Waals surface area (Å²) < 4.78 is 0.814. The molecule has 2 unspecified atom stereocenters. The van der Waals surface area contributed by atoms with Crippen molar-refractivity contribution >= 4 is 27.5 Å². The molecule has 0 spiro atoms. The largest absolute Gasteiger partial charge is 0.391 e. The summed E-state index contributed by atoms with van der Waals surface area (Å²) >= 11 is 3.45. The van der Waals surface area contributed by atoms with Gasteiger partial charge in [-0.2, -0.15) is 0 Å². The van der Waals surface area contributed by atoms with Gasteiger partial charge in [-0.15, -0.1) is 0 Å². The Balaban J connectivity index is 2.35. The van der Waals surface area contributed by atoms with Gasteiger partial charge in [-0.05, 0) is 40.9 Å². The maximum Gasteiger partial charge on any atom is 0.126 e. The summed E-state index contributed by atoms with van der Waals surface area (Å²) in [6.45, 7) is 0. The number of rotatable bonds is 3. The summed E-state index contributed by atoms with van der Waals surface area (Å²) in [6, 6.07) is 5.85. The minimum atomic E-state index is -0.308. The average molecular weight is 326 g/mol. The van der Waals surface area contributed by atoms with E-state index in [4.69, 9.17) is 11.1 Å². The van der Waals surface area contributed by atoms with Gasteiger partial charge in [0.2, 0.25) is 0 Å². The van der Waals surface area contributed by atoms with Gasteiger partial charge in [0.25, 0.3) is 0 Å². The van der Waals surface area contributed by atoms with Gasteiger partial charge < -0.3 is 15.7 Å². The molecule has 1 aromatic carbocycles. The van der Waals surface area contributed by atoms with Gasteiger partial charge >= 0.3 is 0 Å². The van der Waals surface area contributed by atoms with Crippen LogP contribution < -0.4 is 10.6 Å². The van der Waals surface area contributed by atoms with Crippen LogP contribution in [0.1, 0.15) is 31.2 Å². The first kappa shape index (κ1) is 14.3. The Hall–Kier alpha value is -1.07. The van der Waals surface area contributed by atoms with E-state index in [1.165, 1.54) is 0 Å². The predicted octanol–water partition coefficient (Wildman–Crippen LogP) is 2.47. The number of aliphatic hydroxyl groups excluding tert-OH is 1. The van der Waals surface area contributed by atoms with Crippen molar-refractivity contribution in [3.05, 3.63) is 28.2 Å². The molecule has 0 saturated heterocycles. The van der Waals surface area contributed by atoms with Gasteiger partial charge in [0.05, 0.1) is 17.7 Å². The van der Waals surface area contributed by atoms with Crippen molar-refractivity contribution in [1.82, 2.24) is 0 Å². The Bertz CT molecular complexity index is 478. The Labute approximate surface area is 122 Å². The van der Waals surface area contributed by atoms with Crippen molar-refractivity contribution in [1.29, 1.82) is 5.41 Å². The molecule has 0 heterocycles. The number of nitrogens with zero attached hydrogens (tertiary/aromatic N) is 1. The third-order valence-corrected chi connectivity index (χ3v) is 4.49. The number of nitrogens with two attached hydrogens (primary N) is 1. The van der Waals surface area contributed by atoms with E-state index >= 15 is 0 Å². The molecule has 4 nitrogen and oxygen atoms in total. The van der Waals surface area contributed by atoms with E-state index in [0.717, 1.165) is 35.8 Å². The number of hydrogen-bond acceptors (Lipinski definition) is 3. The highest BCUT2D eigenvalue weighted by molar-refractivity contribution is 9.10. The fourth-order valence-corrected chi connectivity index (χ4v) is 3.36. The Kier molecular flexibility index (Phi) is 4.47. The Morgan fingerprint density at radius 2 is 2.11 bits per heavy atom. The number of benzene rings is 1. The fraction of sp³-hybridized carbons (Fsp3) is 0.500. The highest BCUT2D eigenvalue weighted by Crippen LogP contribution is 2.31. The molecule has 2 rings (SSSR count). The van der Waals surface area contributed by atoms with E-state index in [1.807, 2.05) is 25.2 Å². The molecule has 1 aliphatic rings. The first-order chi connectivity index (χ1) is 9.02. The van der Waals surface area contributed by atoms with Crippen molar-refractivity contribution in [3.8, 4) is 0 Å². The normalized spacial score (nSPS) is 23.1. The molecule has 0 bridgehead atoms. The molecular formula is C14H20BrN3O. The van der Waals surface area contributed by atoms with Crippen molar-refractivity contribution in [3.63, 3.8) is 0 Å². The maximum atomic E-state index is 10.2. The minimum Gasteiger partial charge on any atom is -0.391 e. The number of aliphatic hydroxyl groups is 1. The molecule has 19 heavy (non-hydrogen) atoms. The molecule has 1 saturated carbocycles. The quantitative estimate of drug-likeness (QED) is 0.590. The third-order valence-electron chi connectivity index (χ3n) is 3.83. The second-order valence-electron chi connectivity index (χ2n) is 5.08. The van der Waals surface area contributed by atoms with Crippen LogP contribution in [0.15, 0.2) is 22.7 Å². The van der Waals surface area contributed by atoms with E-state index in [9.17, 15) is 5.11 Å². The Morgan fingerprint density at radius 1 is 1.42 bits per heavy atom. The van der Waals surface area contributed by atoms with Crippen molar-refractivity contribution in [2.24, 2.45) is 5.73 Å². The standard InChI is InChI=1S/C14H20BrN3O/c1-18(10-6-2-3-8-12(10)19)11-7-4-5-9(15)13(11)14(16)17/h4-5,7,10,12,19H,2-3,6,8H2,1H3,(H3,16,17). The van der Waals surface area contributed by atoms with Crippen LogP contribution in [0.5, 0.6) is 0 Å². The molecule has 4 N–H and O–H groups in total. The van der Waals surface area contributed by atoms with E-state index in [0.29, 0.717) is 5.56 Å². The van der Waals surface area contributed by atoms with Gasteiger partial charge in [-0.3, -0.25) is 5.41 Å².